The summed E-state index contributed by atoms with van der Waals surface area (Å²) in [5.41, 5.74) is 18.0. The summed E-state index contributed by atoms with van der Waals surface area (Å²) in [5, 5.41) is 16.7. The first-order valence-electron chi connectivity index (χ1n) is 22.5. The quantitative estimate of drug-likeness (QED) is 0.0519. The van der Waals surface area contributed by atoms with Gasteiger partial charge in [-0.05, 0) is 74.0 Å². The van der Waals surface area contributed by atoms with Gasteiger partial charge >= 0.3 is 0 Å². The number of carbonyl (C=O) groups excluding carboxylic acids is 8. The molecule has 5 atom stereocenters. The molecule has 2 aromatic rings. The fraction of sp³-hybridized carbons (Fsp3) is 0.543. The maximum atomic E-state index is 14.9. The molecule has 0 aliphatic carbocycles. The van der Waals surface area contributed by atoms with Gasteiger partial charge in [0.1, 0.15) is 30.2 Å². The molecule has 19 nitrogen and oxygen atoms in total. The van der Waals surface area contributed by atoms with E-state index in [4.69, 9.17) is 17.2 Å². The highest BCUT2D eigenvalue weighted by atomic mass is 32.2. The van der Waals surface area contributed by atoms with Gasteiger partial charge < -0.3 is 54.0 Å². The lowest BCUT2D eigenvalue weighted by Gasteiger charge is -2.30. The molecule has 1 aliphatic rings. The molecule has 1 fully saturated rings. The molecule has 66 heavy (non-hydrogen) atoms. The highest BCUT2D eigenvalue weighted by molar-refractivity contribution is 7.98. The number of primary amides is 1. The molecule has 1 aliphatic heterocycles. The second kappa shape index (κ2) is 29.4. The van der Waals surface area contributed by atoms with Crippen molar-refractivity contribution in [2.75, 3.05) is 38.2 Å². The van der Waals surface area contributed by atoms with E-state index in [1.165, 1.54) is 16.7 Å². The Bertz CT molecular complexity index is 1930. The summed E-state index contributed by atoms with van der Waals surface area (Å²) in [5.74, 6) is -4.25. The molecule has 0 bridgehead atoms. The van der Waals surface area contributed by atoms with Crippen molar-refractivity contribution in [2.24, 2.45) is 28.1 Å². The fourth-order valence-corrected chi connectivity index (χ4v) is 7.72. The number of thioether (sulfide) groups is 1. The van der Waals surface area contributed by atoms with Gasteiger partial charge in [-0.25, -0.2) is 0 Å². The van der Waals surface area contributed by atoms with Crippen molar-refractivity contribution >= 4 is 65.0 Å². The molecule has 0 radical (unpaired) electrons. The van der Waals surface area contributed by atoms with Crippen molar-refractivity contribution in [3.8, 4) is 0 Å². The summed E-state index contributed by atoms with van der Waals surface area (Å²) >= 11 is 1.49. The van der Waals surface area contributed by atoms with Crippen LogP contribution in [0, 0.1) is 5.92 Å². The van der Waals surface area contributed by atoms with E-state index in [-0.39, 0.29) is 82.4 Å². The van der Waals surface area contributed by atoms with Crippen LogP contribution < -0.4 is 49.1 Å². The molecule has 0 saturated carbocycles. The maximum Gasteiger partial charge on any atom is 0.245 e. The number of guanidine groups is 1. The number of nitrogens with two attached hydrogens (primary N) is 3. The molecule has 3 rings (SSSR count). The monoisotopic (exact) mass is 936 g/mol. The number of carbonyl (C=O) groups is 8. The molecule has 20 heteroatoms. The van der Waals surface area contributed by atoms with Gasteiger partial charge in [0.15, 0.2) is 5.96 Å². The van der Waals surface area contributed by atoms with Crippen LogP contribution in [0.4, 0.5) is 0 Å². The van der Waals surface area contributed by atoms with Gasteiger partial charge in [0.05, 0.1) is 6.54 Å². The molecule has 1 heterocycles. The van der Waals surface area contributed by atoms with E-state index in [2.05, 4.69) is 36.9 Å². The van der Waals surface area contributed by atoms with Gasteiger partial charge in [-0.3, -0.25) is 43.3 Å². The minimum atomic E-state index is -1.26. The second-order valence-corrected chi connectivity index (χ2v) is 17.7. The molecular weight excluding hydrogens is 867 g/mol. The van der Waals surface area contributed by atoms with E-state index in [9.17, 15) is 38.4 Å². The van der Waals surface area contributed by atoms with E-state index in [0.717, 1.165) is 0 Å². The van der Waals surface area contributed by atoms with E-state index >= 15 is 0 Å². The Morgan fingerprint density at radius 2 is 1.36 bits per heavy atom. The first-order valence-corrected chi connectivity index (χ1v) is 23.9. The predicted octanol–water partition coefficient (Wildman–Crippen LogP) is 0.143. The Labute approximate surface area is 391 Å². The van der Waals surface area contributed by atoms with Gasteiger partial charge in [-0.1, -0.05) is 74.5 Å². The number of amides is 8. The molecule has 1 saturated heterocycles. The number of rotatable bonds is 19. The second-order valence-electron chi connectivity index (χ2n) is 16.7. The van der Waals surface area contributed by atoms with Crippen LogP contribution in [0.5, 0.6) is 0 Å². The van der Waals surface area contributed by atoms with Gasteiger partial charge in [0, 0.05) is 45.3 Å². The smallest absolute Gasteiger partial charge is 0.245 e. The number of aliphatic imine (C=N–C) groups is 1. The lowest BCUT2D eigenvalue weighted by atomic mass is 10.0. The van der Waals surface area contributed by atoms with Crippen LogP contribution >= 0.6 is 11.8 Å². The lowest BCUT2D eigenvalue weighted by molar-refractivity contribution is -0.140. The molecule has 0 spiro atoms. The van der Waals surface area contributed by atoms with Gasteiger partial charge in [0.25, 0.3) is 0 Å². The summed E-state index contributed by atoms with van der Waals surface area (Å²) < 4.78 is 0. The topological polar surface area (TPSA) is 302 Å². The summed E-state index contributed by atoms with van der Waals surface area (Å²) in [4.78, 5) is 114. The largest absolute Gasteiger partial charge is 0.370 e. The SMILES string of the molecule is CSCC[C@H](NC(=O)[C@H](CC(C)C)NC(=O)CN1CCCNC(=O)CCCCC(=O)N[C@@H](CCCN=C(N)N)C(=O)N[C@@H](Cc2ccccc2)C(=O)N[C@@H](Cc2ccccc2)C1=O)C(N)=O. The number of nitrogens with one attached hydrogen (secondary N) is 6. The van der Waals surface area contributed by atoms with Crippen molar-refractivity contribution in [1.82, 2.24) is 36.8 Å². The van der Waals surface area contributed by atoms with Crippen LogP contribution in [0.15, 0.2) is 65.7 Å². The Morgan fingerprint density at radius 1 is 0.773 bits per heavy atom. The predicted molar refractivity (Wildman–Crippen MR) is 254 cm³/mol. The standard InChI is InChI=1S/C46H69N11O8S/c1-30(2)26-35(43(63)54-33(41(47)61)21-25-66-3)53-40(60)29-57-24-13-23-50-38(58)19-10-11-20-39(59)52-34(18-12-22-51-46(48)49)42(62)55-36(27-31-14-6-4-7-15-31)44(64)56-37(45(57)65)28-32-16-8-5-9-17-32/h4-9,14-17,30,33-37H,10-13,18-29H2,1-3H3,(H2,47,61)(H,50,58)(H,52,59)(H,53,60)(H,54,63)(H,55,62)(H,56,64)(H4,48,49,51)/t33-,34-,35-,36-,37-/m0/s1. The van der Waals surface area contributed by atoms with Gasteiger partial charge in [-0.2, -0.15) is 11.8 Å². The highest BCUT2D eigenvalue weighted by Gasteiger charge is 2.34. The molecular formula is C46H69N11O8S. The molecule has 12 N–H and O–H groups in total. The zero-order chi connectivity index (χ0) is 48.4. The van der Waals surface area contributed by atoms with Crippen molar-refractivity contribution in [1.29, 1.82) is 0 Å². The van der Waals surface area contributed by atoms with E-state index in [1.807, 2.05) is 26.2 Å². The van der Waals surface area contributed by atoms with Crippen molar-refractivity contribution in [3.63, 3.8) is 0 Å². The van der Waals surface area contributed by atoms with E-state index in [1.54, 1.807) is 54.6 Å². The van der Waals surface area contributed by atoms with Crippen LogP contribution in [0.1, 0.15) is 82.8 Å². The maximum absolute atomic E-state index is 14.9. The summed E-state index contributed by atoms with van der Waals surface area (Å²) in [6.07, 6.45) is 3.98. The molecule has 362 valence electrons. The zero-order valence-electron chi connectivity index (χ0n) is 38.4. The molecule has 2 aromatic carbocycles. The van der Waals surface area contributed by atoms with Crippen molar-refractivity contribution < 1.29 is 38.4 Å². The van der Waals surface area contributed by atoms with E-state index in [0.29, 0.717) is 42.6 Å². The number of nitrogens with zero attached hydrogens (tertiary/aromatic N) is 2. The van der Waals surface area contributed by atoms with Crippen LogP contribution in [-0.4, -0.2) is 127 Å². The zero-order valence-corrected chi connectivity index (χ0v) is 39.2. The van der Waals surface area contributed by atoms with Crippen LogP contribution in [0.2, 0.25) is 0 Å². The minimum Gasteiger partial charge on any atom is -0.370 e. The lowest BCUT2D eigenvalue weighted by Crippen LogP contribution is -2.59. The number of hydrogen-bond donors (Lipinski definition) is 9. The Morgan fingerprint density at radius 3 is 1.95 bits per heavy atom. The first kappa shape index (κ1) is 54.2. The average Bonchev–Trinajstić information content (AvgIpc) is 3.27. The Balaban J connectivity index is 2.03. The Kier molecular flexibility index (Phi) is 24.1. The Hall–Kier alpha value is -6.18. The molecule has 0 unspecified atom stereocenters. The third-order valence-corrected chi connectivity index (χ3v) is 11.3. The average molecular weight is 936 g/mol. The minimum absolute atomic E-state index is 0.00131. The molecule has 0 aromatic heterocycles. The van der Waals surface area contributed by atoms with Crippen LogP contribution in [0.3, 0.4) is 0 Å². The highest BCUT2D eigenvalue weighted by Crippen LogP contribution is 2.13. The summed E-state index contributed by atoms with van der Waals surface area (Å²) in [6, 6.07) is 12.3. The number of benzene rings is 2. The first-order chi connectivity index (χ1) is 31.6. The van der Waals surface area contributed by atoms with Crippen LogP contribution in [0.25, 0.3) is 0 Å². The van der Waals surface area contributed by atoms with Gasteiger partial charge in [-0.15, -0.1) is 0 Å². The van der Waals surface area contributed by atoms with Crippen molar-refractivity contribution in [3.05, 3.63) is 71.8 Å². The summed E-state index contributed by atoms with van der Waals surface area (Å²) in [7, 11) is 0. The van der Waals surface area contributed by atoms with Crippen LogP contribution in [-0.2, 0) is 51.2 Å². The van der Waals surface area contributed by atoms with Gasteiger partial charge in [0.2, 0.25) is 47.3 Å². The number of hydrogen-bond acceptors (Lipinski definition) is 10. The fourth-order valence-electron chi connectivity index (χ4n) is 7.25. The van der Waals surface area contributed by atoms with E-state index < -0.39 is 78.1 Å². The normalized spacial score (nSPS) is 19.2. The third kappa shape index (κ3) is 20.8. The summed E-state index contributed by atoms with van der Waals surface area (Å²) in [6.45, 7) is 3.53. The molecule has 8 amide bonds. The third-order valence-electron chi connectivity index (χ3n) is 10.7. The van der Waals surface area contributed by atoms with Crippen molar-refractivity contribution in [2.45, 2.75) is 115 Å².